The number of hydrogen-bond acceptors (Lipinski definition) is 4. The van der Waals surface area contributed by atoms with E-state index >= 15 is 0 Å². The topological polar surface area (TPSA) is 70.0 Å². The zero-order valence-corrected chi connectivity index (χ0v) is 8.40. The fourth-order valence-electron chi connectivity index (χ4n) is 0.613. The molecule has 0 rings (SSSR count). The Morgan fingerprint density at radius 3 is 2.75 bits per heavy atom. The third kappa shape index (κ3) is 5.42. The SMILES string of the molecule is CC(CCO)SCC(C)(N)C#N. The summed E-state index contributed by atoms with van der Waals surface area (Å²) in [5.41, 5.74) is 4.87. The molecule has 4 heteroatoms. The molecule has 0 spiro atoms. The Morgan fingerprint density at radius 2 is 2.33 bits per heavy atom. The van der Waals surface area contributed by atoms with Crippen LogP contribution in [0.2, 0.25) is 0 Å². The van der Waals surface area contributed by atoms with Crippen LogP contribution in [-0.4, -0.2) is 28.3 Å². The average Bonchev–Trinajstić information content (AvgIpc) is 2.02. The maximum absolute atomic E-state index is 8.61. The molecule has 0 aliphatic heterocycles. The van der Waals surface area contributed by atoms with E-state index in [1.807, 2.05) is 13.0 Å². The molecule has 0 bridgehead atoms. The molecule has 0 aromatic rings. The van der Waals surface area contributed by atoms with Gasteiger partial charge in [0.15, 0.2) is 0 Å². The standard InChI is InChI=1S/C8H16N2OS/c1-7(3-4-11)12-6-8(2,10)5-9/h7,11H,3-4,6,10H2,1-2H3. The Kier molecular flexibility index (Phi) is 5.31. The summed E-state index contributed by atoms with van der Waals surface area (Å²) in [6.07, 6.45) is 0.756. The van der Waals surface area contributed by atoms with Crippen molar-refractivity contribution in [2.75, 3.05) is 12.4 Å². The third-order valence-electron chi connectivity index (χ3n) is 1.46. The lowest BCUT2D eigenvalue weighted by Crippen LogP contribution is -2.37. The molecule has 70 valence electrons. The molecule has 0 radical (unpaired) electrons. The average molecular weight is 188 g/mol. The van der Waals surface area contributed by atoms with Crippen molar-refractivity contribution in [1.82, 2.24) is 0 Å². The smallest absolute Gasteiger partial charge is 0.110 e. The molecule has 0 heterocycles. The van der Waals surface area contributed by atoms with Crippen molar-refractivity contribution in [3.8, 4) is 6.07 Å². The number of nitriles is 1. The zero-order chi connectivity index (χ0) is 9.61. The number of aliphatic hydroxyl groups excluding tert-OH is 1. The second-order valence-electron chi connectivity index (χ2n) is 3.16. The second kappa shape index (κ2) is 5.41. The van der Waals surface area contributed by atoms with Crippen molar-refractivity contribution in [2.24, 2.45) is 5.73 Å². The molecule has 0 aromatic carbocycles. The first-order chi connectivity index (χ1) is 5.52. The quantitative estimate of drug-likeness (QED) is 0.667. The Bertz CT molecular complexity index is 165. The Labute approximate surface area is 77.9 Å². The molecule has 3 nitrogen and oxygen atoms in total. The zero-order valence-electron chi connectivity index (χ0n) is 7.58. The van der Waals surface area contributed by atoms with Crippen molar-refractivity contribution >= 4 is 11.8 Å². The first-order valence-electron chi connectivity index (χ1n) is 3.94. The van der Waals surface area contributed by atoms with Crippen LogP contribution >= 0.6 is 11.8 Å². The summed E-state index contributed by atoms with van der Waals surface area (Å²) < 4.78 is 0. The second-order valence-corrected chi connectivity index (χ2v) is 4.59. The number of nitrogens with two attached hydrogens (primary N) is 1. The third-order valence-corrected chi connectivity index (χ3v) is 3.03. The Balaban J connectivity index is 3.62. The van der Waals surface area contributed by atoms with Gasteiger partial charge >= 0.3 is 0 Å². The van der Waals surface area contributed by atoms with Crippen LogP contribution in [0.3, 0.4) is 0 Å². The predicted molar refractivity (Wildman–Crippen MR) is 51.8 cm³/mol. The van der Waals surface area contributed by atoms with Gasteiger partial charge < -0.3 is 10.8 Å². The maximum atomic E-state index is 8.61. The van der Waals surface area contributed by atoms with Crippen molar-refractivity contribution in [3.05, 3.63) is 0 Å². The molecule has 0 aliphatic rings. The van der Waals surface area contributed by atoms with Crippen molar-refractivity contribution in [1.29, 1.82) is 5.26 Å². The van der Waals surface area contributed by atoms with E-state index in [1.54, 1.807) is 18.7 Å². The van der Waals surface area contributed by atoms with Gasteiger partial charge in [-0.05, 0) is 13.3 Å². The van der Waals surface area contributed by atoms with E-state index in [-0.39, 0.29) is 6.61 Å². The van der Waals surface area contributed by atoms with E-state index < -0.39 is 5.54 Å². The normalized spacial score (nSPS) is 17.9. The largest absolute Gasteiger partial charge is 0.396 e. The summed E-state index contributed by atoms with van der Waals surface area (Å²) in [6, 6.07) is 2.03. The molecular formula is C8H16N2OS. The molecule has 0 aliphatic carbocycles. The molecule has 0 saturated carbocycles. The predicted octanol–water partition coefficient (Wildman–Crippen LogP) is 0.731. The van der Waals surface area contributed by atoms with Crippen LogP contribution in [0, 0.1) is 11.3 Å². The molecule has 3 N–H and O–H groups in total. The van der Waals surface area contributed by atoms with Gasteiger partial charge in [0.2, 0.25) is 0 Å². The summed E-state index contributed by atoms with van der Waals surface area (Å²) in [5, 5.41) is 17.6. The molecule has 0 fully saturated rings. The van der Waals surface area contributed by atoms with Gasteiger partial charge in [-0.15, -0.1) is 0 Å². The number of aliphatic hydroxyl groups is 1. The van der Waals surface area contributed by atoms with Crippen molar-refractivity contribution in [2.45, 2.75) is 31.1 Å². The lowest BCUT2D eigenvalue weighted by molar-refractivity contribution is 0.289. The number of hydrogen-bond donors (Lipinski definition) is 2. The summed E-state index contributed by atoms with van der Waals surface area (Å²) in [4.78, 5) is 0. The van der Waals surface area contributed by atoms with Gasteiger partial charge in [0.05, 0.1) is 6.07 Å². The Morgan fingerprint density at radius 1 is 1.75 bits per heavy atom. The van der Waals surface area contributed by atoms with Crippen LogP contribution in [0.15, 0.2) is 0 Å². The first kappa shape index (κ1) is 11.8. The summed E-state index contributed by atoms with van der Waals surface area (Å²) in [5.74, 6) is 0.616. The van der Waals surface area contributed by atoms with Crippen molar-refractivity contribution < 1.29 is 5.11 Å². The van der Waals surface area contributed by atoms with Crippen LogP contribution in [0.4, 0.5) is 0 Å². The van der Waals surface area contributed by atoms with E-state index in [1.165, 1.54) is 0 Å². The van der Waals surface area contributed by atoms with Gasteiger partial charge in [0.25, 0.3) is 0 Å². The number of nitrogens with zero attached hydrogens (tertiary/aromatic N) is 1. The molecule has 0 amide bonds. The van der Waals surface area contributed by atoms with E-state index in [9.17, 15) is 0 Å². The Hall–Kier alpha value is -0.240. The maximum Gasteiger partial charge on any atom is 0.110 e. The van der Waals surface area contributed by atoms with Gasteiger partial charge in [-0.25, -0.2) is 0 Å². The monoisotopic (exact) mass is 188 g/mol. The van der Waals surface area contributed by atoms with E-state index in [2.05, 4.69) is 0 Å². The molecule has 12 heavy (non-hydrogen) atoms. The van der Waals surface area contributed by atoms with Gasteiger partial charge in [-0.3, -0.25) is 0 Å². The molecule has 2 atom stereocenters. The lowest BCUT2D eigenvalue weighted by Gasteiger charge is -2.17. The highest BCUT2D eigenvalue weighted by molar-refractivity contribution is 7.99. The summed E-state index contributed by atoms with van der Waals surface area (Å²) >= 11 is 1.62. The first-order valence-corrected chi connectivity index (χ1v) is 4.99. The fraction of sp³-hybridized carbons (Fsp3) is 0.875. The van der Waals surface area contributed by atoms with Gasteiger partial charge in [0, 0.05) is 17.6 Å². The van der Waals surface area contributed by atoms with E-state index in [0.29, 0.717) is 11.0 Å². The lowest BCUT2D eigenvalue weighted by atomic mass is 10.1. The van der Waals surface area contributed by atoms with Crippen LogP contribution < -0.4 is 5.73 Å². The van der Waals surface area contributed by atoms with Crippen LogP contribution in [0.25, 0.3) is 0 Å². The van der Waals surface area contributed by atoms with E-state index in [0.717, 1.165) is 6.42 Å². The highest BCUT2D eigenvalue weighted by atomic mass is 32.2. The van der Waals surface area contributed by atoms with Crippen LogP contribution in [-0.2, 0) is 0 Å². The highest BCUT2D eigenvalue weighted by Crippen LogP contribution is 2.17. The number of rotatable bonds is 5. The van der Waals surface area contributed by atoms with E-state index in [4.69, 9.17) is 16.1 Å². The molecule has 0 saturated heterocycles. The minimum atomic E-state index is -0.742. The molecule has 2 unspecified atom stereocenters. The minimum absolute atomic E-state index is 0.196. The van der Waals surface area contributed by atoms with Crippen LogP contribution in [0.5, 0.6) is 0 Å². The van der Waals surface area contributed by atoms with Crippen molar-refractivity contribution in [3.63, 3.8) is 0 Å². The highest BCUT2D eigenvalue weighted by Gasteiger charge is 2.18. The fourth-order valence-corrected chi connectivity index (χ4v) is 1.58. The molecule has 0 aromatic heterocycles. The van der Waals surface area contributed by atoms with Gasteiger partial charge in [-0.1, -0.05) is 6.92 Å². The van der Waals surface area contributed by atoms with Crippen LogP contribution in [0.1, 0.15) is 20.3 Å². The summed E-state index contributed by atoms with van der Waals surface area (Å²) in [6.45, 7) is 3.93. The van der Waals surface area contributed by atoms with Gasteiger partial charge in [0.1, 0.15) is 5.54 Å². The number of thioether (sulfide) groups is 1. The summed E-state index contributed by atoms with van der Waals surface area (Å²) in [7, 11) is 0. The van der Waals surface area contributed by atoms with Gasteiger partial charge in [-0.2, -0.15) is 17.0 Å². The minimum Gasteiger partial charge on any atom is -0.396 e. The molecular weight excluding hydrogens is 172 g/mol.